The molecule has 2 N–H and O–H groups in total. The Kier molecular flexibility index (Phi) is 7.69. The van der Waals surface area contributed by atoms with Crippen molar-refractivity contribution >= 4 is 33.4 Å². The fraction of sp³-hybridized carbons (Fsp3) is 0.333. The third-order valence-corrected chi connectivity index (χ3v) is 6.21. The summed E-state index contributed by atoms with van der Waals surface area (Å²) in [6.07, 6.45) is 0.585. The Morgan fingerprint density at radius 3 is 2.50 bits per heavy atom. The number of halogens is 2. The number of carbonyl (C=O) groups excluding carboxylic acids is 2. The van der Waals surface area contributed by atoms with Gasteiger partial charge in [0.2, 0.25) is 0 Å². The summed E-state index contributed by atoms with van der Waals surface area (Å²) in [6, 6.07) is 9.17. The Morgan fingerprint density at radius 2 is 1.84 bits per heavy atom. The first-order valence-corrected chi connectivity index (χ1v) is 11.3. The number of likely N-dealkylation sites (tertiary alicyclic amines) is 1. The van der Waals surface area contributed by atoms with E-state index < -0.39 is 29.3 Å². The summed E-state index contributed by atoms with van der Waals surface area (Å²) >= 11 is 3.27. The average molecular weight is 505 g/mol. The van der Waals surface area contributed by atoms with Crippen molar-refractivity contribution in [3.05, 3.63) is 69.5 Å². The number of rotatable bonds is 8. The Bertz CT molecular complexity index is 1050. The quantitative estimate of drug-likeness (QED) is 0.315. The van der Waals surface area contributed by atoms with Crippen molar-refractivity contribution in [3.63, 3.8) is 0 Å². The summed E-state index contributed by atoms with van der Waals surface area (Å²) in [7, 11) is 0. The molecule has 0 bridgehead atoms. The van der Waals surface area contributed by atoms with E-state index >= 15 is 0 Å². The molecule has 1 aliphatic heterocycles. The second kappa shape index (κ2) is 10.3. The minimum absolute atomic E-state index is 0.0122. The number of Topliss-reactive ketones (excluding diaryl/α,β-unsaturated/α-hetero) is 1. The van der Waals surface area contributed by atoms with Gasteiger partial charge in [0, 0.05) is 16.6 Å². The van der Waals surface area contributed by atoms with Crippen LogP contribution >= 0.6 is 15.9 Å². The zero-order valence-electron chi connectivity index (χ0n) is 18.0. The predicted octanol–water partition coefficient (Wildman–Crippen LogP) is 4.45. The van der Waals surface area contributed by atoms with Gasteiger partial charge in [-0.3, -0.25) is 9.59 Å². The Hall–Kier alpha value is -2.71. The van der Waals surface area contributed by atoms with Crippen LogP contribution in [0.2, 0.25) is 0 Å². The average Bonchev–Trinajstić information content (AvgIpc) is 3.03. The number of aliphatic hydroxyl groups excluding tert-OH is 1. The molecule has 8 heteroatoms. The number of ketones is 1. The molecule has 1 aliphatic rings. The number of nitrogens with zero attached hydrogens (tertiary/aromatic N) is 2. The van der Waals surface area contributed by atoms with Crippen LogP contribution in [-0.2, 0) is 9.59 Å². The maximum absolute atomic E-state index is 14.8. The molecule has 0 radical (unpaired) electrons. The van der Waals surface area contributed by atoms with Gasteiger partial charge in [0.15, 0.2) is 0 Å². The molecule has 170 valence electrons. The first-order valence-electron chi connectivity index (χ1n) is 10.5. The van der Waals surface area contributed by atoms with Crippen molar-refractivity contribution in [2.75, 3.05) is 26.2 Å². The molecule has 0 saturated carbocycles. The van der Waals surface area contributed by atoms with Crippen LogP contribution in [0.1, 0.15) is 37.4 Å². The van der Waals surface area contributed by atoms with Crippen LogP contribution in [0, 0.1) is 5.82 Å². The fourth-order valence-corrected chi connectivity index (χ4v) is 4.34. The number of hydrogen-bond acceptors (Lipinski definition) is 5. The summed E-state index contributed by atoms with van der Waals surface area (Å²) in [4.78, 5) is 29.4. The SMILES string of the molecule is CCN(CC)CCCN1C(=O)C(=O)C(=C(O)c2cc(Br)ccc2O)[C@H]1c1ccccc1F. The molecule has 0 spiro atoms. The van der Waals surface area contributed by atoms with Crippen LogP contribution < -0.4 is 0 Å². The normalized spacial score (nSPS) is 18.0. The zero-order chi connectivity index (χ0) is 23.4. The monoisotopic (exact) mass is 504 g/mol. The molecule has 2 aromatic carbocycles. The number of phenolic OH excluding ortho intramolecular Hbond substituents is 1. The summed E-state index contributed by atoms with van der Waals surface area (Å²) in [5, 5.41) is 21.3. The molecule has 1 amide bonds. The van der Waals surface area contributed by atoms with Gasteiger partial charge in [-0.15, -0.1) is 0 Å². The van der Waals surface area contributed by atoms with Crippen LogP contribution in [-0.4, -0.2) is 57.9 Å². The van der Waals surface area contributed by atoms with E-state index in [0.717, 1.165) is 13.1 Å². The lowest BCUT2D eigenvalue weighted by Gasteiger charge is -2.27. The summed E-state index contributed by atoms with van der Waals surface area (Å²) < 4.78 is 15.4. The summed E-state index contributed by atoms with van der Waals surface area (Å²) in [5.74, 6) is -3.09. The lowest BCUT2D eigenvalue weighted by Crippen LogP contribution is -2.33. The molecular formula is C24H26BrFN2O4. The number of aliphatic hydroxyl groups is 1. The third-order valence-electron chi connectivity index (χ3n) is 5.72. The standard InChI is InChI=1S/C24H26BrFN2O4/c1-3-27(4-2)12-7-13-28-21(16-8-5-6-9-18(16)26)20(23(31)24(28)32)22(30)17-14-15(25)10-11-19(17)29/h5-6,8-11,14,21,29-30H,3-4,7,12-13H2,1-2H3/t21-/m1/s1. The van der Waals surface area contributed by atoms with Crippen molar-refractivity contribution < 1.29 is 24.2 Å². The first kappa shape index (κ1) is 23.9. The van der Waals surface area contributed by atoms with Crippen LogP contribution in [0.15, 0.2) is 52.5 Å². The van der Waals surface area contributed by atoms with Gasteiger partial charge >= 0.3 is 0 Å². The van der Waals surface area contributed by atoms with Gasteiger partial charge in [0.05, 0.1) is 17.2 Å². The van der Waals surface area contributed by atoms with Gasteiger partial charge in [0.25, 0.3) is 11.7 Å². The van der Waals surface area contributed by atoms with Gasteiger partial charge in [-0.2, -0.15) is 0 Å². The van der Waals surface area contributed by atoms with E-state index in [1.54, 1.807) is 12.1 Å². The van der Waals surface area contributed by atoms with Crippen LogP contribution in [0.25, 0.3) is 5.76 Å². The molecule has 1 saturated heterocycles. The lowest BCUT2D eigenvalue weighted by atomic mass is 9.94. The second-order valence-corrected chi connectivity index (χ2v) is 8.47. The minimum Gasteiger partial charge on any atom is -0.507 e. The van der Waals surface area contributed by atoms with Gasteiger partial charge in [0.1, 0.15) is 17.3 Å². The van der Waals surface area contributed by atoms with E-state index in [1.807, 2.05) is 13.8 Å². The van der Waals surface area contributed by atoms with E-state index in [0.29, 0.717) is 17.4 Å². The van der Waals surface area contributed by atoms with Gasteiger partial charge in [-0.05, 0) is 50.3 Å². The molecular weight excluding hydrogens is 479 g/mol. The topological polar surface area (TPSA) is 81.1 Å². The molecule has 1 heterocycles. The smallest absolute Gasteiger partial charge is 0.295 e. The van der Waals surface area contributed by atoms with Crippen molar-refractivity contribution in [2.45, 2.75) is 26.3 Å². The summed E-state index contributed by atoms with van der Waals surface area (Å²) in [5.41, 5.74) is -0.135. The zero-order valence-corrected chi connectivity index (χ0v) is 19.6. The maximum atomic E-state index is 14.8. The molecule has 1 atom stereocenters. The van der Waals surface area contributed by atoms with Gasteiger partial charge in [-0.25, -0.2) is 4.39 Å². The molecule has 32 heavy (non-hydrogen) atoms. The number of amides is 1. The van der Waals surface area contributed by atoms with E-state index in [9.17, 15) is 24.2 Å². The largest absolute Gasteiger partial charge is 0.507 e. The molecule has 2 aromatic rings. The third kappa shape index (κ3) is 4.71. The number of aromatic hydroxyl groups is 1. The molecule has 6 nitrogen and oxygen atoms in total. The molecule has 3 rings (SSSR count). The van der Waals surface area contributed by atoms with Gasteiger partial charge in [-0.1, -0.05) is 48.0 Å². The highest BCUT2D eigenvalue weighted by Gasteiger charge is 2.46. The highest BCUT2D eigenvalue weighted by atomic mass is 79.9. The Labute approximate surface area is 195 Å². The highest BCUT2D eigenvalue weighted by Crippen LogP contribution is 2.42. The molecule has 0 aliphatic carbocycles. The van der Waals surface area contributed by atoms with E-state index in [1.165, 1.54) is 35.2 Å². The first-order chi connectivity index (χ1) is 15.3. The molecule has 0 aromatic heterocycles. The Balaban J connectivity index is 2.09. The molecule has 1 fully saturated rings. The molecule has 0 unspecified atom stereocenters. The van der Waals surface area contributed by atoms with Crippen LogP contribution in [0.5, 0.6) is 5.75 Å². The highest BCUT2D eigenvalue weighted by molar-refractivity contribution is 9.10. The van der Waals surface area contributed by atoms with Crippen molar-refractivity contribution in [2.24, 2.45) is 0 Å². The minimum atomic E-state index is -1.09. The lowest BCUT2D eigenvalue weighted by molar-refractivity contribution is -0.140. The summed E-state index contributed by atoms with van der Waals surface area (Å²) in [6.45, 7) is 6.73. The fourth-order valence-electron chi connectivity index (χ4n) is 3.98. The number of benzene rings is 2. The Morgan fingerprint density at radius 1 is 1.16 bits per heavy atom. The van der Waals surface area contributed by atoms with E-state index in [4.69, 9.17) is 0 Å². The predicted molar refractivity (Wildman–Crippen MR) is 124 cm³/mol. The maximum Gasteiger partial charge on any atom is 0.295 e. The van der Waals surface area contributed by atoms with Crippen molar-refractivity contribution in [1.82, 2.24) is 9.80 Å². The van der Waals surface area contributed by atoms with Crippen molar-refractivity contribution in [1.29, 1.82) is 0 Å². The van der Waals surface area contributed by atoms with Gasteiger partial charge < -0.3 is 20.0 Å². The van der Waals surface area contributed by atoms with Crippen LogP contribution in [0.3, 0.4) is 0 Å². The van der Waals surface area contributed by atoms with Crippen molar-refractivity contribution in [3.8, 4) is 5.75 Å². The van der Waals surface area contributed by atoms with E-state index in [2.05, 4.69) is 20.8 Å². The number of carbonyl (C=O) groups is 2. The van der Waals surface area contributed by atoms with E-state index in [-0.39, 0.29) is 29.0 Å². The second-order valence-electron chi connectivity index (χ2n) is 7.56. The number of phenols is 1. The van der Waals surface area contributed by atoms with Crippen LogP contribution in [0.4, 0.5) is 4.39 Å². The number of hydrogen-bond donors (Lipinski definition) is 2.